The number of aldehydes is 1. The fourth-order valence-electron chi connectivity index (χ4n) is 1.72. The zero-order valence-electron chi connectivity index (χ0n) is 9.81. The first kappa shape index (κ1) is 11.3. The summed E-state index contributed by atoms with van der Waals surface area (Å²) in [6, 6.07) is 9.33. The molecule has 0 atom stereocenters. The second-order valence-electron chi connectivity index (χ2n) is 3.78. The van der Waals surface area contributed by atoms with Crippen molar-refractivity contribution in [1.29, 1.82) is 0 Å². The second-order valence-corrected chi connectivity index (χ2v) is 3.78. The molecule has 0 aliphatic carbocycles. The molecule has 0 spiro atoms. The Morgan fingerprint density at radius 3 is 2.76 bits per heavy atom. The van der Waals surface area contributed by atoms with Crippen LogP contribution in [0.25, 0.3) is 11.1 Å². The molecule has 0 fully saturated rings. The molecule has 0 amide bonds. The van der Waals surface area contributed by atoms with E-state index in [9.17, 15) is 4.79 Å². The van der Waals surface area contributed by atoms with E-state index in [1.54, 1.807) is 19.4 Å². The van der Waals surface area contributed by atoms with E-state index in [2.05, 4.69) is 4.98 Å². The lowest BCUT2D eigenvalue weighted by molar-refractivity contribution is 0.112. The molecule has 0 saturated carbocycles. The molecule has 2 rings (SSSR count). The van der Waals surface area contributed by atoms with Crippen molar-refractivity contribution in [3.63, 3.8) is 0 Å². The maximum atomic E-state index is 10.7. The van der Waals surface area contributed by atoms with E-state index < -0.39 is 0 Å². The Labute approximate surface area is 100 Å². The van der Waals surface area contributed by atoms with Crippen LogP contribution in [0.15, 0.2) is 36.5 Å². The van der Waals surface area contributed by atoms with Crippen molar-refractivity contribution >= 4 is 6.29 Å². The van der Waals surface area contributed by atoms with Crippen molar-refractivity contribution in [3.05, 3.63) is 47.7 Å². The lowest BCUT2D eigenvalue weighted by Crippen LogP contribution is -1.91. The first-order valence-corrected chi connectivity index (χ1v) is 5.31. The highest BCUT2D eigenvalue weighted by Crippen LogP contribution is 2.25. The highest BCUT2D eigenvalue weighted by Gasteiger charge is 2.05. The quantitative estimate of drug-likeness (QED) is 0.757. The van der Waals surface area contributed by atoms with Gasteiger partial charge in [0.15, 0.2) is 0 Å². The molecule has 2 aromatic rings. The SMILES string of the molecule is COc1cc(C)c(-c2cccc(C=O)c2)cn1. The highest BCUT2D eigenvalue weighted by atomic mass is 16.5. The van der Waals surface area contributed by atoms with Crippen molar-refractivity contribution < 1.29 is 9.53 Å². The maximum Gasteiger partial charge on any atom is 0.213 e. The molecule has 0 saturated heterocycles. The van der Waals surface area contributed by atoms with Gasteiger partial charge in [0.25, 0.3) is 0 Å². The normalized spacial score (nSPS) is 10.0. The van der Waals surface area contributed by atoms with Crippen LogP contribution in [-0.2, 0) is 0 Å². The van der Waals surface area contributed by atoms with Gasteiger partial charge in [0.05, 0.1) is 7.11 Å². The summed E-state index contributed by atoms with van der Waals surface area (Å²) in [6.07, 6.45) is 2.61. The van der Waals surface area contributed by atoms with E-state index >= 15 is 0 Å². The summed E-state index contributed by atoms with van der Waals surface area (Å²) >= 11 is 0. The van der Waals surface area contributed by atoms with E-state index in [-0.39, 0.29) is 0 Å². The van der Waals surface area contributed by atoms with Crippen LogP contribution in [0, 0.1) is 6.92 Å². The third kappa shape index (κ3) is 2.33. The van der Waals surface area contributed by atoms with Gasteiger partial charge in [-0.2, -0.15) is 0 Å². The first-order chi connectivity index (χ1) is 8.24. The molecular formula is C14H13NO2. The van der Waals surface area contributed by atoms with Crippen LogP contribution >= 0.6 is 0 Å². The lowest BCUT2D eigenvalue weighted by atomic mass is 10.0. The molecule has 3 nitrogen and oxygen atoms in total. The Morgan fingerprint density at radius 2 is 2.12 bits per heavy atom. The minimum atomic E-state index is 0.595. The zero-order valence-corrected chi connectivity index (χ0v) is 9.81. The number of hydrogen-bond acceptors (Lipinski definition) is 3. The average molecular weight is 227 g/mol. The molecule has 1 aromatic heterocycles. The fourth-order valence-corrected chi connectivity index (χ4v) is 1.72. The summed E-state index contributed by atoms with van der Waals surface area (Å²) in [5.41, 5.74) is 3.73. The molecule has 0 radical (unpaired) electrons. The number of rotatable bonds is 3. The van der Waals surface area contributed by atoms with E-state index in [4.69, 9.17) is 4.74 Å². The van der Waals surface area contributed by atoms with E-state index in [0.717, 1.165) is 23.0 Å². The summed E-state index contributed by atoms with van der Waals surface area (Å²) in [6.45, 7) is 1.99. The second kappa shape index (κ2) is 4.78. The third-order valence-corrected chi connectivity index (χ3v) is 2.63. The predicted molar refractivity (Wildman–Crippen MR) is 66.3 cm³/mol. The standard InChI is InChI=1S/C14H13NO2/c1-10-6-14(17-2)15-8-13(10)12-5-3-4-11(7-12)9-16/h3-9H,1-2H3. The molecule has 0 N–H and O–H groups in total. The van der Waals surface area contributed by atoms with Crippen LogP contribution in [0.4, 0.5) is 0 Å². The van der Waals surface area contributed by atoms with Gasteiger partial charge in [-0.25, -0.2) is 4.98 Å². The Kier molecular flexibility index (Phi) is 3.19. The summed E-state index contributed by atoms with van der Waals surface area (Å²) in [7, 11) is 1.59. The predicted octanol–water partition coefficient (Wildman–Crippen LogP) is 2.88. The van der Waals surface area contributed by atoms with Gasteiger partial charge in [0.2, 0.25) is 5.88 Å². The summed E-state index contributed by atoms with van der Waals surface area (Å²) in [4.78, 5) is 14.9. The summed E-state index contributed by atoms with van der Waals surface area (Å²) < 4.78 is 5.06. The molecule has 0 aliphatic heterocycles. The van der Waals surface area contributed by atoms with Gasteiger partial charge in [0.1, 0.15) is 6.29 Å². The van der Waals surface area contributed by atoms with Crippen LogP contribution in [-0.4, -0.2) is 18.4 Å². The number of nitrogens with zero attached hydrogens (tertiary/aromatic N) is 1. The number of carbonyl (C=O) groups is 1. The first-order valence-electron chi connectivity index (χ1n) is 5.31. The largest absolute Gasteiger partial charge is 0.481 e. The minimum Gasteiger partial charge on any atom is -0.481 e. The Hall–Kier alpha value is -2.16. The Morgan fingerprint density at radius 1 is 1.29 bits per heavy atom. The van der Waals surface area contributed by atoms with Crippen LogP contribution in [0.1, 0.15) is 15.9 Å². The van der Waals surface area contributed by atoms with Crippen LogP contribution in [0.3, 0.4) is 0 Å². The van der Waals surface area contributed by atoms with Crippen LogP contribution < -0.4 is 4.74 Å². The Balaban J connectivity index is 2.48. The molecule has 0 unspecified atom stereocenters. The van der Waals surface area contributed by atoms with E-state index in [1.807, 2.05) is 31.2 Å². The average Bonchev–Trinajstić information content (AvgIpc) is 2.38. The van der Waals surface area contributed by atoms with Crippen LogP contribution in [0.5, 0.6) is 5.88 Å². The summed E-state index contributed by atoms with van der Waals surface area (Å²) in [5.74, 6) is 0.595. The van der Waals surface area contributed by atoms with Crippen molar-refractivity contribution in [1.82, 2.24) is 4.98 Å². The van der Waals surface area contributed by atoms with Crippen molar-refractivity contribution in [2.75, 3.05) is 7.11 Å². The van der Waals surface area contributed by atoms with Gasteiger partial charge < -0.3 is 4.74 Å². The fraction of sp³-hybridized carbons (Fsp3) is 0.143. The number of carbonyl (C=O) groups excluding carboxylic acids is 1. The number of pyridine rings is 1. The number of hydrogen-bond donors (Lipinski definition) is 0. The number of aryl methyl sites for hydroxylation is 1. The van der Waals surface area contributed by atoms with Crippen molar-refractivity contribution in [2.45, 2.75) is 6.92 Å². The Bertz CT molecular complexity index is 550. The maximum absolute atomic E-state index is 10.7. The minimum absolute atomic E-state index is 0.595. The monoisotopic (exact) mass is 227 g/mol. The molecule has 1 aromatic carbocycles. The molecule has 0 bridgehead atoms. The topological polar surface area (TPSA) is 39.2 Å². The molecule has 17 heavy (non-hydrogen) atoms. The van der Waals surface area contributed by atoms with E-state index in [0.29, 0.717) is 11.4 Å². The number of methoxy groups -OCH3 is 1. The molecule has 0 aliphatic rings. The van der Waals surface area contributed by atoms with Crippen molar-refractivity contribution in [3.8, 4) is 17.0 Å². The van der Waals surface area contributed by atoms with Gasteiger partial charge in [-0.05, 0) is 24.1 Å². The van der Waals surface area contributed by atoms with Gasteiger partial charge in [-0.3, -0.25) is 4.79 Å². The van der Waals surface area contributed by atoms with Crippen LogP contribution in [0.2, 0.25) is 0 Å². The van der Waals surface area contributed by atoms with E-state index in [1.165, 1.54) is 0 Å². The molecule has 86 valence electrons. The van der Waals surface area contributed by atoms with Gasteiger partial charge in [-0.1, -0.05) is 18.2 Å². The highest BCUT2D eigenvalue weighted by molar-refractivity contribution is 5.79. The molecule has 1 heterocycles. The van der Waals surface area contributed by atoms with Gasteiger partial charge >= 0.3 is 0 Å². The smallest absolute Gasteiger partial charge is 0.213 e. The summed E-state index contributed by atoms with van der Waals surface area (Å²) in [5, 5.41) is 0. The molecular weight excluding hydrogens is 214 g/mol. The zero-order chi connectivity index (χ0) is 12.3. The van der Waals surface area contributed by atoms with Gasteiger partial charge in [-0.15, -0.1) is 0 Å². The van der Waals surface area contributed by atoms with Crippen molar-refractivity contribution in [2.24, 2.45) is 0 Å². The number of benzene rings is 1. The van der Waals surface area contributed by atoms with Gasteiger partial charge in [0, 0.05) is 23.4 Å². The third-order valence-electron chi connectivity index (χ3n) is 2.63. The number of ether oxygens (including phenoxy) is 1. The lowest BCUT2D eigenvalue weighted by Gasteiger charge is -2.07. The number of aromatic nitrogens is 1. The molecule has 3 heteroatoms.